The first-order valence-corrected chi connectivity index (χ1v) is 6.73. The van der Waals surface area contributed by atoms with Gasteiger partial charge in [-0.1, -0.05) is 13.0 Å². The highest BCUT2D eigenvalue weighted by Crippen LogP contribution is 2.14. The predicted molar refractivity (Wildman–Crippen MR) is 79.9 cm³/mol. The molecule has 0 saturated heterocycles. The Hall–Kier alpha value is -2.50. The number of anilines is 2. The fraction of sp³-hybridized carbons (Fsp3) is 0.267. The first-order valence-electron chi connectivity index (χ1n) is 6.73. The number of rotatable bonds is 5. The minimum atomic E-state index is -0.425. The van der Waals surface area contributed by atoms with Gasteiger partial charge in [-0.3, -0.25) is 9.78 Å². The van der Waals surface area contributed by atoms with E-state index in [0.717, 1.165) is 13.0 Å². The highest BCUT2D eigenvalue weighted by molar-refractivity contribution is 6.02. The Morgan fingerprint density at radius 1 is 1.33 bits per heavy atom. The number of hydrogen-bond acceptors (Lipinski definition) is 4. The van der Waals surface area contributed by atoms with Crippen molar-refractivity contribution in [1.82, 2.24) is 9.97 Å². The molecule has 0 saturated carbocycles. The molecule has 1 aromatic heterocycles. The van der Waals surface area contributed by atoms with Crippen LogP contribution in [0.25, 0.3) is 0 Å². The molecule has 1 heterocycles. The van der Waals surface area contributed by atoms with Crippen LogP contribution in [0.2, 0.25) is 0 Å². The van der Waals surface area contributed by atoms with Crippen molar-refractivity contribution in [2.24, 2.45) is 0 Å². The SMILES string of the molecule is CCCNc1cncc(C(=O)Nc2ccc(C)c(F)c2)n1. The Labute approximate surface area is 122 Å². The van der Waals surface area contributed by atoms with Gasteiger partial charge in [-0.25, -0.2) is 9.37 Å². The third kappa shape index (κ3) is 3.98. The van der Waals surface area contributed by atoms with E-state index < -0.39 is 5.91 Å². The molecule has 0 aliphatic heterocycles. The van der Waals surface area contributed by atoms with Gasteiger partial charge < -0.3 is 10.6 Å². The number of nitrogens with zero attached hydrogens (tertiary/aromatic N) is 2. The maximum Gasteiger partial charge on any atom is 0.275 e. The third-order valence-electron chi connectivity index (χ3n) is 2.85. The van der Waals surface area contributed by atoms with E-state index in [1.165, 1.54) is 12.3 Å². The van der Waals surface area contributed by atoms with E-state index in [-0.39, 0.29) is 11.5 Å². The third-order valence-corrected chi connectivity index (χ3v) is 2.85. The van der Waals surface area contributed by atoms with E-state index >= 15 is 0 Å². The van der Waals surface area contributed by atoms with Gasteiger partial charge in [-0.05, 0) is 31.0 Å². The Morgan fingerprint density at radius 3 is 2.86 bits per heavy atom. The van der Waals surface area contributed by atoms with Crippen LogP contribution in [0.1, 0.15) is 29.4 Å². The summed E-state index contributed by atoms with van der Waals surface area (Å²) in [6, 6.07) is 4.53. The maximum absolute atomic E-state index is 13.4. The minimum absolute atomic E-state index is 0.178. The smallest absolute Gasteiger partial charge is 0.275 e. The Bertz CT molecular complexity index is 645. The zero-order valence-corrected chi connectivity index (χ0v) is 12.0. The second-order valence-corrected chi connectivity index (χ2v) is 4.63. The molecule has 0 spiro atoms. The molecule has 21 heavy (non-hydrogen) atoms. The van der Waals surface area contributed by atoms with Crippen LogP contribution in [-0.2, 0) is 0 Å². The van der Waals surface area contributed by atoms with E-state index in [1.807, 2.05) is 6.92 Å². The summed E-state index contributed by atoms with van der Waals surface area (Å²) in [5.41, 5.74) is 1.09. The standard InChI is InChI=1S/C15H17FN4O/c1-3-6-18-14-9-17-8-13(20-14)15(21)19-11-5-4-10(2)12(16)7-11/h4-5,7-9H,3,6H2,1-2H3,(H,18,20)(H,19,21). The van der Waals surface area contributed by atoms with Gasteiger partial charge in [0.05, 0.1) is 12.4 Å². The summed E-state index contributed by atoms with van der Waals surface area (Å²) in [5.74, 6) is -0.247. The normalized spacial score (nSPS) is 10.2. The lowest BCUT2D eigenvalue weighted by molar-refractivity contribution is 0.102. The first-order chi connectivity index (χ1) is 10.1. The van der Waals surface area contributed by atoms with Crippen molar-refractivity contribution < 1.29 is 9.18 Å². The van der Waals surface area contributed by atoms with Gasteiger partial charge in [0.25, 0.3) is 5.91 Å². The number of benzene rings is 1. The molecule has 0 radical (unpaired) electrons. The summed E-state index contributed by atoms with van der Waals surface area (Å²) >= 11 is 0. The van der Waals surface area contributed by atoms with Crippen molar-refractivity contribution in [2.75, 3.05) is 17.2 Å². The van der Waals surface area contributed by atoms with Crippen LogP contribution in [0, 0.1) is 12.7 Å². The Kier molecular flexibility index (Phi) is 4.81. The molecular formula is C15H17FN4O. The van der Waals surface area contributed by atoms with Crippen LogP contribution in [0.4, 0.5) is 15.9 Å². The monoisotopic (exact) mass is 288 g/mol. The number of amides is 1. The molecule has 0 bridgehead atoms. The van der Waals surface area contributed by atoms with E-state index in [0.29, 0.717) is 17.1 Å². The molecule has 2 N–H and O–H groups in total. The molecule has 110 valence electrons. The number of nitrogens with one attached hydrogen (secondary N) is 2. The fourth-order valence-corrected chi connectivity index (χ4v) is 1.68. The summed E-state index contributed by atoms with van der Waals surface area (Å²) in [6.45, 7) is 4.45. The van der Waals surface area contributed by atoms with Gasteiger partial charge in [0.2, 0.25) is 0 Å². The zero-order valence-electron chi connectivity index (χ0n) is 12.0. The summed E-state index contributed by atoms with van der Waals surface area (Å²) < 4.78 is 13.4. The van der Waals surface area contributed by atoms with E-state index in [4.69, 9.17) is 0 Å². The predicted octanol–water partition coefficient (Wildman–Crippen LogP) is 3.00. The van der Waals surface area contributed by atoms with Crippen LogP contribution < -0.4 is 10.6 Å². The second-order valence-electron chi connectivity index (χ2n) is 4.63. The van der Waals surface area contributed by atoms with Gasteiger partial charge in [0, 0.05) is 12.2 Å². The van der Waals surface area contributed by atoms with Crippen molar-refractivity contribution in [3.8, 4) is 0 Å². The Morgan fingerprint density at radius 2 is 2.14 bits per heavy atom. The largest absolute Gasteiger partial charge is 0.369 e. The number of aryl methyl sites for hydroxylation is 1. The molecular weight excluding hydrogens is 271 g/mol. The van der Waals surface area contributed by atoms with Gasteiger partial charge >= 0.3 is 0 Å². The van der Waals surface area contributed by atoms with Gasteiger partial charge in [0.1, 0.15) is 17.3 Å². The maximum atomic E-state index is 13.4. The van der Waals surface area contributed by atoms with Gasteiger partial charge in [0.15, 0.2) is 0 Å². The molecule has 0 aliphatic carbocycles. The molecule has 2 aromatic rings. The molecule has 5 nitrogen and oxygen atoms in total. The lowest BCUT2D eigenvalue weighted by Gasteiger charge is -2.07. The van der Waals surface area contributed by atoms with Gasteiger partial charge in [-0.15, -0.1) is 0 Å². The van der Waals surface area contributed by atoms with Crippen LogP contribution in [0.5, 0.6) is 0 Å². The van der Waals surface area contributed by atoms with Crippen molar-refractivity contribution >= 4 is 17.4 Å². The fourth-order valence-electron chi connectivity index (χ4n) is 1.68. The molecule has 2 rings (SSSR count). The van der Waals surface area contributed by atoms with Gasteiger partial charge in [-0.2, -0.15) is 0 Å². The topological polar surface area (TPSA) is 66.9 Å². The van der Waals surface area contributed by atoms with E-state index in [2.05, 4.69) is 20.6 Å². The quantitative estimate of drug-likeness (QED) is 0.887. The summed E-state index contributed by atoms with van der Waals surface area (Å²) in [5, 5.41) is 5.66. The van der Waals surface area contributed by atoms with Crippen LogP contribution >= 0.6 is 0 Å². The number of carbonyl (C=O) groups is 1. The Balaban J connectivity index is 2.10. The highest BCUT2D eigenvalue weighted by Gasteiger charge is 2.10. The molecule has 0 fully saturated rings. The molecule has 0 atom stereocenters. The minimum Gasteiger partial charge on any atom is -0.369 e. The van der Waals surface area contributed by atoms with E-state index in [9.17, 15) is 9.18 Å². The number of hydrogen-bond donors (Lipinski definition) is 2. The number of carbonyl (C=O) groups excluding carboxylic acids is 1. The lowest BCUT2D eigenvalue weighted by Crippen LogP contribution is -2.15. The van der Waals surface area contributed by atoms with Crippen LogP contribution in [0.3, 0.4) is 0 Å². The first kappa shape index (κ1) is 14.9. The molecule has 1 aromatic carbocycles. The highest BCUT2D eigenvalue weighted by atomic mass is 19.1. The van der Waals surface area contributed by atoms with Crippen LogP contribution in [-0.4, -0.2) is 22.4 Å². The second kappa shape index (κ2) is 6.78. The average Bonchev–Trinajstić information content (AvgIpc) is 2.49. The number of halogens is 1. The van der Waals surface area contributed by atoms with Crippen LogP contribution in [0.15, 0.2) is 30.6 Å². The summed E-state index contributed by atoms with van der Waals surface area (Å²) in [6.07, 6.45) is 3.87. The zero-order chi connectivity index (χ0) is 15.2. The van der Waals surface area contributed by atoms with Crippen molar-refractivity contribution in [2.45, 2.75) is 20.3 Å². The number of aromatic nitrogens is 2. The van der Waals surface area contributed by atoms with Crippen molar-refractivity contribution in [1.29, 1.82) is 0 Å². The molecule has 1 amide bonds. The molecule has 0 unspecified atom stereocenters. The van der Waals surface area contributed by atoms with E-state index in [1.54, 1.807) is 25.3 Å². The average molecular weight is 288 g/mol. The van der Waals surface area contributed by atoms with Crippen molar-refractivity contribution in [3.63, 3.8) is 0 Å². The summed E-state index contributed by atoms with van der Waals surface area (Å²) in [4.78, 5) is 20.2. The molecule has 6 heteroatoms. The summed E-state index contributed by atoms with van der Waals surface area (Å²) in [7, 11) is 0. The molecule has 0 aliphatic rings. The van der Waals surface area contributed by atoms with Crippen molar-refractivity contribution in [3.05, 3.63) is 47.7 Å². The lowest BCUT2D eigenvalue weighted by atomic mass is 10.2.